The van der Waals surface area contributed by atoms with E-state index in [2.05, 4.69) is 21.4 Å². The second kappa shape index (κ2) is 7.40. The zero-order valence-corrected chi connectivity index (χ0v) is 14.1. The van der Waals surface area contributed by atoms with E-state index in [-0.39, 0.29) is 11.8 Å². The van der Waals surface area contributed by atoms with Crippen molar-refractivity contribution in [1.29, 1.82) is 5.26 Å². The number of hydrogen-bond acceptors (Lipinski definition) is 6. The van der Waals surface area contributed by atoms with E-state index in [0.29, 0.717) is 40.7 Å². The molecule has 0 spiro atoms. The molecule has 2 N–H and O–H groups in total. The first kappa shape index (κ1) is 17.0. The fourth-order valence-electron chi connectivity index (χ4n) is 2.99. The van der Waals surface area contributed by atoms with Crippen LogP contribution in [-0.2, 0) is 9.59 Å². The summed E-state index contributed by atoms with van der Waals surface area (Å²) in [5.74, 6) is -1.91. The molecule has 1 aliphatic carbocycles. The van der Waals surface area contributed by atoms with Gasteiger partial charge in [0.25, 0.3) is 0 Å². The van der Waals surface area contributed by atoms with Crippen LogP contribution in [0.1, 0.15) is 30.6 Å². The number of carboxylic acids is 1. The van der Waals surface area contributed by atoms with E-state index in [1.807, 2.05) is 0 Å². The molecule has 0 bridgehead atoms. The molecule has 1 aliphatic rings. The summed E-state index contributed by atoms with van der Waals surface area (Å²) in [6, 6.07) is 7.40. The van der Waals surface area contributed by atoms with Crippen molar-refractivity contribution >= 4 is 28.3 Å². The number of aromatic nitrogens is 2. The zero-order valence-electron chi connectivity index (χ0n) is 13.3. The minimum Gasteiger partial charge on any atom is -0.481 e. The predicted molar refractivity (Wildman–Crippen MR) is 91.8 cm³/mol. The molecular formula is C17H16N4O3S. The number of aliphatic carboxylic acids is 1. The van der Waals surface area contributed by atoms with E-state index < -0.39 is 11.9 Å². The van der Waals surface area contributed by atoms with Crippen LogP contribution in [0.2, 0.25) is 0 Å². The maximum atomic E-state index is 12.4. The number of carbonyl (C=O) groups excluding carboxylic acids is 1. The molecule has 8 heteroatoms. The molecule has 0 aliphatic heterocycles. The van der Waals surface area contributed by atoms with Crippen LogP contribution >= 0.6 is 11.3 Å². The third-order valence-corrected chi connectivity index (χ3v) is 5.14. The number of rotatable bonds is 4. The fraction of sp³-hybridized carbons (Fsp3) is 0.353. The van der Waals surface area contributed by atoms with Gasteiger partial charge in [-0.05, 0) is 31.4 Å². The van der Waals surface area contributed by atoms with Gasteiger partial charge in [-0.25, -0.2) is 4.98 Å². The van der Waals surface area contributed by atoms with Crippen molar-refractivity contribution in [1.82, 2.24) is 9.97 Å². The van der Waals surface area contributed by atoms with Crippen LogP contribution in [0.5, 0.6) is 0 Å². The molecule has 7 nitrogen and oxygen atoms in total. The van der Waals surface area contributed by atoms with Crippen LogP contribution in [0.4, 0.5) is 5.13 Å². The molecule has 1 saturated carbocycles. The van der Waals surface area contributed by atoms with E-state index in [9.17, 15) is 14.9 Å². The minimum absolute atomic E-state index is 0.239. The molecule has 0 unspecified atom stereocenters. The standard InChI is InChI=1S/C17H16N4O3S/c18-9-13-14(12-6-1-2-7-19-12)20-17(25-13)21-15(22)10-4-3-5-11(8-10)16(23)24/h1-2,6-7,10-11H,3-5,8H2,(H,23,24)(H,20,21,22)/t10-,11+/m1/s1. The highest BCUT2D eigenvalue weighted by molar-refractivity contribution is 7.16. The van der Waals surface area contributed by atoms with Gasteiger partial charge in [0.15, 0.2) is 5.13 Å². The van der Waals surface area contributed by atoms with Gasteiger partial charge in [-0.15, -0.1) is 0 Å². The summed E-state index contributed by atoms with van der Waals surface area (Å²) in [5.41, 5.74) is 1.01. The van der Waals surface area contributed by atoms with E-state index in [4.69, 9.17) is 5.11 Å². The smallest absolute Gasteiger partial charge is 0.306 e. The van der Waals surface area contributed by atoms with Gasteiger partial charge < -0.3 is 10.4 Å². The monoisotopic (exact) mass is 356 g/mol. The number of carboxylic acid groups (broad SMARTS) is 1. The molecule has 25 heavy (non-hydrogen) atoms. The van der Waals surface area contributed by atoms with Gasteiger partial charge in [0, 0.05) is 12.1 Å². The first-order valence-electron chi connectivity index (χ1n) is 7.94. The van der Waals surface area contributed by atoms with E-state index in [1.54, 1.807) is 24.4 Å². The van der Waals surface area contributed by atoms with Crippen LogP contribution in [-0.4, -0.2) is 27.0 Å². The highest BCUT2D eigenvalue weighted by Crippen LogP contribution is 2.32. The third kappa shape index (κ3) is 3.83. The summed E-state index contributed by atoms with van der Waals surface area (Å²) in [6.07, 6.45) is 3.94. The van der Waals surface area contributed by atoms with Crippen molar-refractivity contribution in [3.05, 3.63) is 29.3 Å². The normalized spacial score (nSPS) is 19.8. The lowest BCUT2D eigenvalue weighted by atomic mass is 9.81. The van der Waals surface area contributed by atoms with Gasteiger partial charge in [0.05, 0.1) is 11.6 Å². The van der Waals surface area contributed by atoms with E-state index in [0.717, 1.165) is 17.8 Å². The molecule has 1 amide bonds. The molecule has 2 aromatic heterocycles. The van der Waals surface area contributed by atoms with E-state index in [1.165, 1.54) is 0 Å². The maximum Gasteiger partial charge on any atom is 0.306 e. The van der Waals surface area contributed by atoms with Crippen molar-refractivity contribution in [3.63, 3.8) is 0 Å². The van der Waals surface area contributed by atoms with Crippen LogP contribution < -0.4 is 5.32 Å². The summed E-state index contributed by atoms with van der Waals surface area (Å²) < 4.78 is 0. The molecule has 0 radical (unpaired) electrons. The number of pyridine rings is 1. The van der Waals surface area contributed by atoms with Gasteiger partial charge >= 0.3 is 5.97 Å². The lowest BCUT2D eigenvalue weighted by Gasteiger charge is -2.25. The lowest BCUT2D eigenvalue weighted by Crippen LogP contribution is -2.30. The van der Waals surface area contributed by atoms with Gasteiger partial charge in [0.1, 0.15) is 16.6 Å². The molecular weight excluding hydrogens is 340 g/mol. The van der Waals surface area contributed by atoms with E-state index >= 15 is 0 Å². The average Bonchev–Trinajstić information content (AvgIpc) is 3.05. The zero-order chi connectivity index (χ0) is 17.8. The number of hydrogen-bond donors (Lipinski definition) is 2. The summed E-state index contributed by atoms with van der Waals surface area (Å²) in [4.78, 5) is 32.5. The number of anilines is 1. The minimum atomic E-state index is -0.851. The van der Waals surface area contributed by atoms with Crippen LogP contribution in [0.3, 0.4) is 0 Å². The Balaban J connectivity index is 1.75. The number of nitriles is 1. The first-order chi connectivity index (χ1) is 12.1. The average molecular weight is 356 g/mol. The van der Waals surface area contributed by atoms with Crippen LogP contribution in [0, 0.1) is 23.2 Å². The number of carbonyl (C=O) groups is 2. The summed E-state index contributed by atoms with van der Waals surface area (Å²) in [5, 5.41) is 21.5. The molecule has 128 valence electrons. The summed E-state index contributed by atoms with van der Waals surface area (Å²) in [6.45, 7) is 0. The number of nitrogens with one attached hydrogen (secondary N) is 1. The molecule has 1 fully saturated rings. The van der Waals surface area contributed by atoms with Gasteiger partial charge in [-0.1, -0.05) is 23.8 Å². The van der Waals surface area contributed by atoms with Gasteiger partial charge in [0.2, 0.25) is 5.91 Å². The van der Waals surface area contributed by atoms with Gasteiger partial charge in [-0.3, -0.25) is 14.6 Å². The number of nitrogens with zero attached hydrogens (tertiary/aromatic N) is 3. The van der Waals surface area contributed by atoms with Crippen molar-refractivity contribution in [2.24, 2.45) is 11.8 Å². The second-order valence-electron chi connectivity index (χ2n) is 5.91. The molecule has 2 heterocycles. The summed E-state index contributed by atoms with van der Waals surface area (Å²) in [7, 11) is 0. The van der Waals surface area contributed by atoms with Crippen molar-refractivity contribution in [2.75, 3.05) is 5.32 Å². The summed E-state index contributed by atoms with van der Waals surface area (Å²) >= 11 is 1.09. The number of amides is 1. The lowest BCUT2D eigenvalue weighted by molar-refractivity contribution is -0.143. The molecule has 0 aromatic carbocycles. The molecule has 3 rings (SSSR count). The Hall–Kier alpha value is -2.79. The van der Waals surface area contributed by atoms with Gasteiger partial charge in [-0.2, -0.15) is 5.26 Å². The largest absolute Gasteiger partial charge is 0.481 e. The SMILES string of the molecule is N#Cc1sc(NC(=O)[C@@H]2CCC[C@H](C(=O)O)C2)nc1-c1ccccn1. The molecule has 2 atom stereocenters. The first-order valence-corrected chi connectivity index (χ1v) is 8.76. The van der Waals surface area contributed by atoms with Crippen molar-refractivity contribution in [3.8, 4) is 17.5 Å². The Bertz CT molecular complexity index is 828. The molecule has 0 saturated heterocycles. The van der Waals surface area contributed by atoms with Crippen molar-refractivity contribution < 1.29 is 14.7 Å². The molecule has 2 aromatic rings. The van der Waals surface area contributed by atoms with Crippen LogP contribution in [0.15, 0.2) is 24.4 Å². The third-order valence-electron chi connectivity index (χ3n) is 4.26. The predicted octanol–water partition coefficient (Wildman–Crippen LogP) is 2.91. The van der Waals surface area contributed by atoms with Crippen LogP contribution in [0.25, 0.3) is 11.4 Å². The maximum absolute atomic E-state index is 12.4. The highest BCUT2D eigenvalue weighted by Gasteiger charge is 2.31. The topological polar surface area (TPSA) is 116 Å². The Kier molecular flexibility index (Phi) is 5.05. The Morgan fingerprint density at radius 2 is 2.12 bits per heavy atom. The second-order valence-corrected chi connectivity index (χ2v) is 6.91. The fourth-order valence-corrected chi connectivity index (χ4v) is 3.76. The Morgan fingerprint density at radius 1 is 1.32 bits per heavy atom. The quantitative estimate of drug-likeness (QED) is 0.870. The van der Waals surface area contributed by atoms with Crippen molar-refractivity contribution in [2.45, 2.75) is 25.7 Å². The number of thiazole rings is 1. The highest BCUT2D eigenvalue weighted by atomic mass is 32.1. The Labute approximate surface area is 148 Å². The Morgan fingerprint density at radius 3 is 2.80 bits per heavy atom.